The maximum Gasteiger partial charge on any atom is 0.115 e. The van der Waals surface area contributed by atoms with Gasteiger partial charge in [-0.15, -0.1) is 0 Å². The van der Waals surface area contributed by atoms with Crippen molar-refractivity contribution >= 4 is 11.6 Å². The molecule has 2 rings (SSSR count). The molecule has 0 aliphatic rings. The van der Waals surface area contributed by atoms with E-state index in [0.717, 1.165) is 34.7 Å². The zero-order valence-corrected chi connectivity index (χ0v) is 12.0. The summed E-state index contributed by atoms with van der Waals surface area (Å²) in [4.78, 5) is 8.18. The number of aryl methyl sites for hydroxylation is 1. The molecule has 1 aromatic carbocycles. The summed E-state index contributed by atoms with van der Waals surface area (Å²) in [5.41, 5.74) is 3.25. The van der Waals surface area contributed by atoms with Crippen molar-refractivity contribution in [3.8, 4) is 0 Å². The number of halogens is 1. The molecule has 1 atom stereocenters. The van der Waals surface area contributed by atoms with Crippen LogP contribution >= 0.6 is 11.6 Å². The van der Waals surface area contributed by atoms with Gasteiger partial charge in [-0.2, -0.15) is 0 Å². The maximum atomic E-state index is 6.37. The molecule has 0 saturated heterocycles. The van der Waals surface area contributed by atoms with Crippen molar-refractivity contribution in [2.45, 2.75) is 26.3 Å². The lowest BCUT2D eigenvalue weighted by Gasteiger charge is -2.20. The summed E-state index contributed by atoms with van der Waals surface area (Å²) in [5.74, 6) is 0. The van der Waals surface area contributed by atoms with E-state index in [1.165, 1.54) is 6.33 Å². The molecule has 2 aromatic rings. The van der Waals surface area contributed by atoms with Gasteiger partial charge in [-0.3, -0.25) is 0 Å². The molecule has 1 N–H and O–H groups in total. The van der Waals surface area contributed by atoms with Crippen molar-refractivity contribution in [1.82, 2.24) is 15.3 Å². The first-order valence-corrected chi connectivity index (χ1v) is 6.84. The summed E-state index contributed by atoms with van der Waals surface area (Å²) >= 11 is 6.37. The van der Waals surface area contributed by atoms with Gasteiger partial charge in [-0.05, 0) is 37.1 Å². The highest BCUT2D eigenvalue weighted by Crippen LogP contribution is 2.28. The van der Waals surface area contributed by atoms with Crippen LogP contribution in [-0.4, -0.2) is 16.5 Å². The van der Waals surface area contributed by atoms with E-state index in [1.54, 1.807) is 0 Å². The maximum absolute atomic E-state index is 6.37. The van der Waals surface area contributed by atoms with Gasteiger partial charge in [-0.25, -0.2) is 9.97 Å². The SMILES string of the molecule is CCCNC(c1cncnc1)c1ccc(C)cc1Cl. The van der Waals surface area contributed by atoms with E-state index in [-0.39, 0.29) is 6.04 Å². The van der Waals surface area contributed by atoms with Crippen LogP contribution in [0.5, 0.6) is 0 Å². The smallest absolute Gasteiger partial charge is 0.115 e. The molecule has 19 heavy (non-hydrogen) atoms. The molecular formula is C15H18ClN3. The first-order chi connectivity index (χ1) is 9.22. The molecule has 0 amide bonds. The molecule has 1 unspecified atom stereocenters. The lowest BCUT2D eigenvalue weighted by atomic mass is 10.00. The lowest BCUT2D eigenvalue weighted by Crippen LogP contribution is -2.23. The summed E-state index contributed by atoms with van der Waals surface area (Å²) in [5, 5.41) is 4.27. The van der Waals surface area contributed by atoms with Gasteiger partial charge >= 0.3 is 0 Å². The van der Waals surface area contributed by atoms with Crippen LogP contribution in [0.4, 0.5) is 0 Å². The van der Waals surface area contributed by atoms with Gasteiger partial charge in [0.15, 0.2) is 0 Å². The van der Waals surface area contributed by atoms with Crippen LogP contribution < -0.4 is 5.32 Å². The molecule has 0 spiro atoms. The minimum Gasteiger partial charge on any atom is -0.306 e. The minimum absolute atomic E-state index is 0.0363. The second-order valence-corrected chi connectivity index (χ2v) is 4.99. The largest absolute Gasteiger partial charge is 0.306 e. The second-order valence-electron chi connectivity index (χ2n) is 4.58. The molecule has 0 aliphatic carbocycles. The Kier molecular flexibility index (Phi) is 4.88. The van der Waals surface area contributed by atoms with Gasteiger partial charge in [0.25, 0.3) is 0 Å². The Hall–Kier alpha value is -1.45. The Morgan fingerprint density at radius 1 is 1.26 bits per heavy atom. The lowest BCUT2D eigenvalue weighted by molar-refractivity contribution is 0.595. The predicted molar refractivity (Wildman–Crippen MR) is 78.4 cm³/mol. The molecule has 0 radical (unpaired) electrons. The van der Waals surface area contributed by atoms with Gasteiger partial charge in [0.05, 0.1) is 6.04 Å². The quantitative estimate of drug-likeness (QED) is 0.907. The molecule has 1 aromatic heterocycles. The Bertz CT molecular complexity index is 528. The highest BCUT2D eigenvalue weighted by atomic mass is 35.5. The Balaban J connectivity index is 2.37. The van der Waals surface area contributed by atoms with Crippen LogP contribution in [0.2, 0.25) is 5.02 Å². The van der Waals surface area contributed by atoms with E-state index in [1.807, 2.05) is 25.4 Å². The number of nitrogens with zero attached hydrogens (tertiary/aromatic N) is 2. The average Bonchev–Trinajstić information content (AvgIpc) is 2.42. The van der Waals surface area contributed by atoms with Crippen LogP contribution in [0.1, 0.15) is 36.1 Å². The van der Waals surface area contributed by atoms with Gasteiger partial charge in [0, 0.05) is 23.0 Å². The molecule has 3 nitrogen and oxygen atoms in total. The number of benzene rings is 1. The Labute approximate surface area is 119 Å². The molecule has 0 fully saturated rings. The number of nitrogens with one attached hydrogen (secondary N) is 1. The minimum atomic E-state index is 0.0363. The van der Waals surface area contributed by atoms with Crippen molar-refractivity contribution in [2.75, 3.05) is 6.54 Å². The van der Waals surface area contributed by atoms with Gasteiger partial charge in [0.2, 0.25) is 0 Å². The van der Waals surface area contributed by atoms with Crippen molar-refractivity contribution < 1.29 is 0 Å². The molecule has 1 heterocycles. The monoisotopic (exact) mass is 275 g/mol. The highest BCUT2D eigenvalue weighted by molar-refractivity contribution is 6.31. The van der Waals surface area contributed by atoms with Crippen molar-refractivity contribution in [3.05, 3.63) is 58.6 Å². The Morgan fingerprint density at radius 3 is 2.63 bits per heavy atom. The van der Waals surface area contributed by atoms with E-state index < -0.39 is 0 Å². The average molecular weight is 276 g/mol. The molecule has 0 saturated carbocycles. The van der Waals surface area contributed by atoms with Gasteiger partial charge in [-0.1, -0.05) is 30.7 Å². The van der Waals surface area contributed by atoms with Crippen LogP contribution in [0.3, 0.4) is 0 Å². The van der Waals surface area contributed by atoms with Crippen LogP contribution in [0.25, 0.3) is 0 Å². The van der Waals surface area contributed by atoms with Crippen molar-refractivity contribution in [3.63, 3.8) is 0 Å². The molecule has 4 heteroatoms. The fourth-order valence-electron chi connectivity index (χ4n) is 2.02. The molecular weight excluding hydrogens is 258 g/mol. The third-order valence-corrected chi connectivity index (χ3v) is 3.31. The van der Waals surface area contributed by atoms with E-state index in [0.29, 0.717) is 0 Å². The fraction of sp³-hybridized carbons (Fsp3) is 0.333. The number of hydrogen-bond donors (Lipinski definition) is 1. The summed E-state index contributed by atoms with van der Waals surface area (Å²) in [6, 6.07) is 6.17. The third kappa shape index (κ3) is 3.52. The first-order valence-electron chi connectivity index (χ1n) is 6.46. The normalized spacial score (nSPS) is 12.4. The third-order valence-electron chi connectivity index (χ3n) is 2.98. The standard InChI is InChI=1S/C15H18ClN3/c1-3-6-19-15(12-8-17-10-18-9-12)13-5-4-11(2)7-14(13)16/h4-5,7-10,15,19H,3,6H2,1-2H3. The number of hydrogen-bond acceptors (Lipinski definition) is 3. The van der Waals surface area contributed by atoms with Crippen molar-refractivity contribution in [2.24, 2.45) is 0 Å². The topological polar surface area (TPSA) is 37.8 Å². The fourth-order valence-corrected chi connectivity index (χ4v) is 2.37. The predicted octanol–water partition coefficient (Wildman–Crippen LogP) is 3.53. The van der Waals surface area contributed by atoms with Crippen molar-refractivity contribution in [1.29, 1.82) is 0 Å². The summed E-state index contributed by atoms with van der Waals surface area (Å²) in [6.45, 7) is 5.10. The Morgan fingerprint density at radius 2 is 2.00 bits per heavy atom. The zero-order valence-electron chi connectivity index (χ0n) is 11.2. The van der Waals surface area contributed by atoms with Gasteiger partial charge in [0.1, 0.15) is 6.33 Å². The van der Waals surface area contributed by atoms with Crippen LogP contribution in [0.15, 0.2) is 36.9 Å². The molecule has 100 valence electrons. The second kappa shape index (κ2) is 6.64. The van der Waals surface area contributed by atoms with E-state index >= 15 is 0 Å². The summed E-state index contributed by atoms with van der Waals surface area (Å²) in [7, 11) is 0. The molecule has 0 bridgehead atoms. The molecule has 0 aliphatic heterocycles. The zero-order chi connectivity index (χ0) is 13.7. The van der Waals surface area contributed by atoms with Crippen LogP contribution in [0, 0.1) is 6.92 Å². The van der Waals surface area contributed by atoms with Crippen LogP contribution in [-0.2, 0) is 0 Å². The first kappa shape index (κ1) is 14.0. The van der Waals surface area contributed by atoms with E-state index in [2.05, 4.69) is 34.3 Å². The highest BCUT2D eigenvalue weighted by Gasteiger charge is 2.16. The van der Waals surface area contributed by atoms with E-state index in [9.17, 15) is 0 Å². The van der Waals surface area contributed by atoms with E-state index in [4.69, 9.17) is 11.6 Å². The summed E-state index contributed by atoms with van der Waals surface area (Å²) < 4.78 is 0. The van der Waals surface area contributed by atoms with Gasteiger partial charge < -0.3 is 5.32 Å². The summed E-state index contributed by atoms with van der Waals surface area (Å²) in [6.07, 6.45) is 6.26. The number of rotatable bonds is 5. The number of aromatic nitrogens is 2.